The first-order chi connectivity index (χ1) is 9.45. The summed E-state index contributed by atoms with van der Waals surface area (Å²) in [5, 5.41) is 2.55. The van der Waals surface area contributed by atoms with Crippen LogP contribution in [0.15, 0.2) is 18.2 Å². The van der Waals surface area contributed by atoms with Gasteiger partial charge in [0.2, 0.25) is 5.91 Å². The summed E-state index contributed by atoms with van der Waals surface area (Å²) in [5.41, 5.74) is 0.334. The number of nitrogens with one attached hydrogen (secondary N) is 1. The molecule has 1 N–H and O–H groups in total. The lowest BCUT2D eigenvalue weighted by molar-refractivity contribution is -0.137. The van der Waals surface area contributed by atoms with E-state index in [4.69, 9.17) is 4.74 Å². The monoisotopic (exact) mass is 285 g/mol. The molecule has 2 unspecified atom stereocenters. The van der Waals surface area contributed by atoms with Gasteiger partial charge in [-0.25, -0.2) is 0 Å². The minimum Gasteiger partial charge on any atom is -0.381 e. The van der Waals surface area contributed by atoms with Crippen molar-refractivity contribution in [3.8, 4) is 0 Å². The van der Waals surface area contributed by atoms with E-state index in [2.05, 4.69) is 5.32 Å². The topological polar surface area (TPSA) is 38.3 Å². The number of benzene rings is 1. The second-order valence-corrected chi connectivity index (χ2v) is 5.28. The van der Waals surface area contributed by atoms with Gasteiger partial charge in [0.25, 0.3) is 0 Å². The number of carbonyl (C=O) groups is 1. The van der Waals surface area contributed by atoms with Crippen molar-refractivity contribution in [2.24, 2.45) is 5.92 Å². The molecule has 20 heavy (non-hydrogen) atoms. The van der Waals surface area contributed by atoms with E-state index in [1.807, 2.05) is 0 Å². The van der Waals surface area contributed by atoms with Crippen LogP contribution in [0.5, 0.6) is 0 Å². The zero-order valence-corrected chi connectivity index (χ0v) is 10.7. The Hall–Kier alpha value is -1.56. The van der Waals surface area contributed by atoms with Crippen molar-refractivity contribution < 1.29 is 22.7 Å². The Bertz CT molecular complexity index is 536. The number of carbonyl (C=O) groups excluding carboxylic acids is 1. The van der Waals surface area contributed by atoms with Gasteiger partial charge in [0.05, 0.1) is 12.2 Å². The van der Waals surface area contributed by atoms with Crippen LogP contribution < -0.4 is 5.32 Å². The Labute approximate surface area is 114 Å². The Morgan fingerprint density at radius 2 is 2.10 bits per heavy atom. The SMILES string of the molecule is O=C1CC(C2CCOC2)c2ccc(C(F)(F)F)cc2N1. The minimum atomic E-state index is -4.40. The smallest absolute Gasteiger partial charge is 0.381 e. The summed E-state index contributed by atoms with van der Waals surface area (Å²) >= 11 is 0. The normalized spacial score (nSPS) is 26.2. The Kier molecular flexibility index (Phi) is 3.20. The molecule has 2 heterocycles. The lowest BCUT2D eigenvalue weighted by Crippen LogP contribution is -2.28. The van der Waals surface area contributed by atoms with Crippen molar-refractivity contribution in [3.05, 3.63) is 29.3 Å². The zero-order chi connectivity index (χ0) is 14.3. The molecule has 3 rings (SSSR count). The van der Waals surface area contributed by atoms with Crippen LogP contribution in [0.1, 0.15) is 29.9 Å². The summed E-state index contributed by atoms with van der Waals surface area (Å²) < 4.78 is 43.5. The van der Waals surface area contributed by atoms with Crippen molar-refractivity contribution in [3.63, 3.8) is 0 Å². The maximum absolute atomic E-state index is 12.7. The van der Waals surface area contributed by atoms with Crippen LogP contribution in [0.4, 0.5) is 18.9 Å². The first-order valence-electron chi connectivity index (χ1n) is 6.54. The van der Waals surface area contributed by atoms with E-state index in [0.717, 1.165) is 24.1 Å². The molecule has 1 aromatic rings. The lowest BCUT2D eigenvalue weighted by Gasteiger charge is -2.29. The highest BCUT2D eigenvalue weighted by Crippen LogP contribution is 2.42. The van der Waals surface area contributed by atoms with E-state index >= 15 is 0 Å². The largest absolute Gasteiger partial charge is 0.416 e. The van der Waals surface area contributed by atoms with Gasteiger partial charge in [-0.15, -0.1) is 0 Å². The number of ether oxygens (including phenoxy) is 1. The average molecular weight is 285 g/mol. The van der Waals surface area contributed by atoms with Crippen LogP contribution in [0.2, 0.25) is 0 Å². The summed E-state index contributed by atoms with van der Waals surface area (Å²) in [5.74, 6) is -0.0752. The highest BCUT2D eigenvalue weighted by Gasteiger charge is 2.36. The molecule has 1 saturated heterocycles. The Morgan fingerprint density at radius 1 is 1.30 bits per heavy atom. The van der Waals surface area contributed by atoms with Crippen LogP contribution in [0.25, 0.3) is 0 Å². The van der Waals surface area contributed by atoms with Crippen molar-refractivity contribution >= 4 is 11.6 Å². The summed E-state index contributed by atoms with van der Waals surface area (Å²) in [7, 11) is 0. The number of amides is 1. The van der Waals surface area contributed by atoms with Gasteiger partial charge < -0.3 is 10.1 Å². The van der Waals surface area contributed by atoms with Gasteiger partial charge in [-0.3, -0.25) is 4.79 Å². The number of rotatable bonds is 1. The highest BCUT2D eigenvalue weighted by molar-refractivity contribution is 5.94. The third-order valence-corrected chi connectivity index (χ3v) is 3.99. The molecule has 0 radical (unpaired) electrons. The molecule has 2 atom stereocenters. The van der Waals surface area contributed by atoms with Crippen LogP contribution >= 0.6 is 0 Å². The predicted molar refractivity (Wildman–Crippen MR) is 66.4 cm³/mol. The second-order valence-electron chi connectivity index (χ2n) is 5.28. The number of halogens is 3. The average Bonchev–Trinajstić information content (AvgIpc) is 2.89. The number of fused-ring (bicyclic) bond motifs is 1. The van der Waals surface area contributed by atoms with Gasteiger partial charge in [0.15, 0.2) is 0 Å². The zero-order valence-electron chi connectivity index (χ0n) is 10.7. The van der Waals surface area contributed by atoms with Gasteiger partial charge in [0.1, 0.15) is 0 Å². The molecule has 1 aromatic carbocycles. The van der Waals surface area contributed by atoms with E-state index in [1.165, 1.54) is 6.07 Å². The van der Waals surface area contributed by atoms with Crippen LogP contribution in [0, 0.1) is 5.92 Å². The fourth-order valence-corrected chi connectivity index (χ4v) is 2.97. The first kappa shape index (κ1) is 13.4. The fourth-order valence-electron chi connectivity index (χ4n) is 2.97. The molecule has 0 aromatic heterocycles. The van der Waals surface area contributed by atoms with Gasteiger partial charge >= 0.3 is 6.18 Å². The van der Waals surface area contributed by atoms with Crippen molar-refractivity contribution in [2.45, 2.75) is 24.9 Å². The van der Waals surface area contributed by atoms with Crippen LogP contribution in [0.3, 0.4) is 0 Å². The number of hydrogen-bond donors (Lipinski definition) is 1. The summed E-state index contributed by atoms with van der Waals surface area (Å²) in [6.07, 6.45) is -3.24. The molecule has 1 amide bonds. The molecule has 0 bridgehead atoms. The summed E-state index contributed by atoms with van der Waals surface area (Å²) in [4.78, 5) is 11.7. The molecular weight excluding hydrogens is 271 g/mol. The van der Waals surface area contributed by atoms with Gasteiger partial charge in [0, 0.05) is 18.7 Å². The van der Waals surface area contributed by atoms with E-state index in [0.29, 0.717) is 19.6 Å². The van der Waals surface area contributed by atoms with E-state index < -0.39 is 11.7 Å². The van der Waals surface area contributed by atoms with E-state index in [1.54, 1.807) is 0 Å². The standard InChI is InChI=1S/C14H14F3NO2/c15-14(16,17)9-1-2-10-11(8-3-4-20-7-8)6-13(19)18-12(10)5-9/h1-2,5,8,11H,3-4,6-7H2,(H,18,19). The third kappa shape index (κ3) is 2.40. The van der Waals surface area contributed by atoms with Crippen LogP contribution in [-0.2, 0) is 15.7 Å². The minimum absolute atomic E-state index is 0.0523. The Morgan fingerprint density at radius 3 is 2.75 bits per heavy atom. The highest BCUT2D eigenvalue weighted by atomic mass is 19.4. The molecule has 0 aliphatic carbocycles. The van der Waals surface area contributed by atoms with Gasteiger partial charge in [-0.1, -0.05) is 6.07 Å². The van der Waals surface area contributed by atoms with Gasteiger partial charge in [-0.05, 0) is 36.0 Å². The molecule has 0 spiro atoms. The van der Waals surface area contributed by atoms with Crippen molar-refractivity contribution in [1.29, 1.82) is 0 Å². The summed E-state index contributed by atoms with van der Waals surface area (Å²) in [6.45, 7) is 1.22. The molecule has 2 aliphatic rings. The lowest BCUT2D eigenvalue weighted by atomic mass is 9.80. The first-order valence-corrected chi connectivity index (χ1v) is 6.54. The molecule has 6 heteroatoms. The molecule has 3 nitrogen and oxygen atoms in total. The Balaban J connectivity index is 1.98. The molecule has 1 fully saturated rings. The fraction of sp³-hybridized carbons (Fsp3) is 0.500. The number of hydrogen-bond acceptors (Lipinski definition) is 2. The maximum atomic E-state index is 12.7. The van der Waals surface area contributed by atoms with Crippen molar-refractivity contribution in [1.82, 2.24) is 0 Å². The van der Waals surface area contributed by atoms with E-state index in [-0.39, 0.29) is 23.4 Å². The summed E-state index contributed by atoms with van der Waals surface area (Å²) in [6, 6.07) is 3.59. The third-order valence-electron chi connectivity index (χ3n) is 3.99. The number of alkyl halides is 3. The van der Waals surface area contributed by atoms with Crippen LogP contribution in [-0.4, -0.2) is 19.1 Å². The molecular formula is C14H14F3NO2. The van der Waals surface area contributed by atoms with E-state index in [9.17, 15) is 18.0 Å². The van der Waals surface area contributed by atoms with Crippen molar-refractivity contribution in [2.75, 3.05) is 18.5 Å². The number of anilines is 1. The second kappa shape index (κ2) is 4.77. The molecule has 108 valence electrons. The maximum Gasteiger partial charge on any atom is 0.416 e. The quantitative estimate of drug-likeness (QED) is 0.860. The predicted octanol–water partition coefficient (Wildman–Crippen LogP) is 3.17. The molecule has 0 saturated carbocycles. The molecule has 2 aliphatic heterocycles. The van der Waals surface area contributed by atoms with Gasteiger partial charge in [-0.2, -0.15) is 13.2 Å².